The van der Waals surface area contributed by atoms with Crippen LogP contribution in [-0.2, 0) is 17.9 Å². The van der Waals surface area contributed by atoms with Gasteiger partial charge in [0.2, 0.25) is 0 Å². The van der Waals surface area contributed by atoms with Crippen LogP contribution in [0.1, 0.15) is 25.0 Å². The molecule has 0 saturated heterocycles. The van der Waals surface area contributed by atoms with Crippen molar-refractivity contribution in [3.63, 3.8) is 0 Å². The number of halogens is 1. The van der Waals surface area contributed by atoms with Crippen molar-refractivity contribution in [1.82, 2.24) is 16.0 Å². The Balaban J connectivity index is 0.00000364. The summed E-state index contributed by atoms with van der Waals surface area (Å²) in [6, 6.07) is 9.77. The Kier molecular flexibility index (Phi) is 11.5. The Bertz CT molecular complexity index is 707. The van der Waals surface area contributed by atoms with E-state index in [-0.39, 0.29) is 36.5 Å². The molecule has 1 amide bonds. The third-order valence-electron chi connectivity index (χ3n) is 3.45. The summed E-state index contributed by atoms with van der Waals surface area (Å²) in [6.07, 6.45) is 0. The summed E-state index contributed by atoms with van der Waals surface area (Å²) in [5.41, 5.74) is 2.26. The number of ether oxygens (including phenoxy) is 1. The lowest BCUT2D eigenvalue weighted by Gasteiger charge is -2.12. The summed E-state index contributed by atoms with van der Waals surface area (Å²) >= 11 is 1.67. The molecule has 6 nitrogen and oxygen atoms in total. The molecule has 0 aliphatic rings. The van der Waals surface area contributed by atoms with E-state index in [2.05, 4.69) is 37.8 Å². The van der Waals surface area contributed by atoms with Gasteiger partial charge in [-0.05, 0) is 53.9 Å². The number of carbonyl (C=O) groups excluding carboxylic acids is 1. The minimum absolute atomic E-state index is 0. The molecule has 3 N–H and O–H groups in total. The van der Waals surface area contributed by atoms with Gasteiger partial charge in [-0.3, -0.25) is 4.79 Å². The molecule has 1 aromatic heterocycles. The molecule has 1 heterocycles. The molecule has 27 heavy (non-hydrogen) atoms. The van der Waals surface area contributed by atoms with Gasteiger partial charge < -0.3 is 20.7 Å². The van der Waals surface area contributed by atoms with Crippen molar-refractivity contribution >= 4 is 47.2 Å². The fourth-order valence-electron chi connectivity index (χ4n) is 2.22. The maximum absolute atomic E-state index is 11.5. The Morgan fingerprint density at radius 3 is 2.63 bits per heavy atom. The van der Waals surface area contributed by atoms with E-state index in [0.29, 0.717) is 25.4 Å². The molecule has 0 bridgehead atoms. The van der Waals surface area contributed by atoms with Gasteiger partial charge in [-0.15, -0.1) is 24.0 Å². The van der Waals surface area contributed by atoms with Crippen molar-refractivity contribution in [2.24, 2.45) is 4.99 Å². The molecule has 0 aliphatic carbocycles. The zero-order chi connectivity index (χ0) is 18.6. The molecule has 0 fully saturated rings. The Morgan fingerprint density at radius 2 is 1.93 bits per heavy atom. The number of hydrogen-bond donors (Lipinski definition) is 3. The number of thiophene rings is 1. The van der Waals surface area contributed by atoms with Crippen molar-refractivity contribution in [3.8, 4) is 5.75 Å². The molecular weight excluding hydrogens is 475 g/mol. The van der Waals surface area contributed by atoms with Crippen LogP contribution in [0.5, 0.6) is 5.75 Å². The zero-order valence-corrected chi connectivity index (χ0v) is 18.8. The Morgan fingerprint density at radius 1 is 1.11 bits per heavy atom. The number of amides is 1. The first-order valence-electron chi connectivity index (χ1n) is 8.73. The number of nitrogens with zero attached hydrogens (tertiary/aromatic N) is 1. The average molecular weight is 502 g/mol. The van der Waals surface area contributed by atoms with E-state index >= 15 is 0 Å². The van der Waals surface area contributed by atoms with Crippen molar-refractivity contribution in [1.29, 1.82) is 0 Å². The van der Waals surface area contributed by atoms with Gasteiger partial charge in [-0.1, -0.05) is 12.1 Å². The first-order valence-corrected chi connectivity index (χ1v) is 9.67. The van der Waals surface area contributed by atoms with Gasteiger partial charge in [0.15, 0.2) is 12.6 Å². The fourth-order valence-corrected chi connectivity index (χ4v) is 2.88. The molecule has 2 aromatic rings. The van der Waals surface area contributed by atoms with Crippen LogP contribution in [0.25, 0.3) is 0 Å². The minimum Gasteiger partial charge on any atom is -0.484 e. The van der Waals surface area contributed by atoms with E-state index in [9.17, 15) is 4.79 Å². The summed E-state index contributed by atoms with van der Waals surface area (Å²) in [6.45, 7) is 6.61. The number of carbonyl (C=O) groups is 1. The molecular formula is C19H27IN4O2S. The lowest BCUT2D eigenvalue weighted by molar-refractivity contribution is -0.122. The van der Waals surface area contributed by atoms with E-state index in [0.717, 1.165) is 18.1 Å². The van der Waals surface area contributed by atoms with Crippen LogP contribution in [0.4, 0.5) is 0 Å². The van der Waals surface area contributed by atoms with Crippen LogP contribution < -0.4 is 20.7 Å². The number of aliphatic imine (C=N–C) groups is 1. The molecule has 8 heteroatoms. The third-order valence-corrected chi connectivity index (χ3v) is 4.18. The van der Waals surface area contributed by atoms with E-state index in [4.69, 9.17) is 4.74 Å². The Hall–Kier alpha value is -1.81. The number of hydrogen-bond acceptors (Lipinski definition) is 4. The standard InChI is InChI=1S/C19H26N4O2S.HI/c1-3-20-18(24)13-25-17-7-5-6-15(10-17)11-22-19(21-4-2)23-12-16-8-9-26-14-16;/h5-10,14H,3-4,11-13H2,1-2H3,(H,20,24)(H2,21,22,23);1H. The zero-order valence-electron chi connectivity index (χ0n) is 15.7. The van der Waals surface area contributed by atoms with Gasteiger partial charge in [0, 0.05) is 19.6 Å². The largest absolute Gasteiger partial charge is 0.484 e. The lowest BCUT2D eigenvalue weighted by atomic mass is 10.2. The van der Waals surface area contributed by atoms with E-state index in [1.807, 2.05) is 38.1 Å². The molecule has 0 saturated carbocycles. The maximum Gasteiger partial charge on any atom is 0.257 e. The highest BCUT2D eigenvalue weighted by molar-refractivity contribution is 14.0. The Labute approximate surface area is 181 Å². The topological polar surface area (TPSA) is 74.8 Å². The second-order valence-electron chi connectivity index (χ2n) is 5.57. The smallest absolute Gasteiger partial charge is 0.257 e. The highest BCUT2D eigenvalue weighted by atomic mass is 127. The average Bonchev–Trinajstić information content (AvgIpc) is 3.16. The van der Waals surface area contributed by atoms with Crippen LogP contribution in [0, 0.1) is 0 Å². The van der Waals surface area contributed by atoms with Crippen LogP contribution in [0.2, 0.25) is 0 Å². The van der Waals surface area contributed by atoms with Crippen LogP contribution in [0.15, 0.2) is 46.1 Å². The summed E-state index contributed by atoms with van der Waals surface area (Å²) < 4.78 is 5.53. The number of rotatable bonds is 9. The van der Waals surface area contributed by atoms with Crippen molar-refractivity contribution in [3.05, 3.63) is 52.2 Å². The second kappa shape index (κ2) is 13.4. The normalized spacial score (nSPS) is 10.7. The molecule has 1 aromatic carbocycles. The third kappa shape index (κ3) is 9.09. The number of guanidine groups is 1. The summed E-state index contributed by atoms with van der Waals surface area (Å²) in [4.78, 5) is 16.1. The number of likely N-dealkylation sites (N-methyl/N-ethyl adjacent to an activating group) is 1. The fraction of sp³-hybridized carbons (Fsp3) is 0.368. The predicted octanol–water partition coefficient (Wildman–Crippen LogP) is 3.14. The van der Waals surface area contributed by atoms with Gasteiger partial charge in [0.05, 0.1) is 6.54 Å². The molecule has 2 rings (SSSR count). The van der Waals surface area contributed by atoms with Crippen molar-refractivity contribution in [2.45, 2.75) is 26.9 Å². The molecule has 0 radical (unpaired) electrons. The summed E-state index contributed by atoms with van der Waals surface area (Å²) in [5.74, 6) is 1.33. The van der Waals surface area contributed by atoms with Gasteiger partial charge >= 0.3 is 0 Å². The van der Waals surface area contributed by atoms with E-state index < -0.39 is 0 Å². The lowest BCUT2D eigenvalue weighted by Crippen LogP contribution is -2.36. The van der Waals surface area contributed by atoms with Gasteiger partial charge in [-0.2, -0.15) is 11.3 Å². The molecule has 0 atom stereocenters. The van der Waals surface area contributed by atoms with Crippen molar-refractivity contribution in [2.75, 3.05) is 19.7 Å². The van der Waals surface area contributed by atoms with Crippen LogP contribution >= 0.6 is 35.3 Å². The second-order valence-corrected chi connectivity index (χ2v) is 6.35. The quantitative estimate of drug-likeness (QED) is 0.280. The SMILES string of the molecule is CCNC(=O)COc1cccc(CNC(=NCc2ccsc2)NCC)c1.I. The van der Waals surface area contributed by atoms with E-state index in [1.54, 1.807) is 11.3 Å². The van der Waals surface area contributed by atoms with Crippen LogP contribution in [-0.4, -0.2) is 31.6 Å². The number of benzene rings is 1. The first kappa shape index (κ1) is 23.2. The highest BCUT2D eigenvalue weighted by Gasteiger charge is 2.03. The van der Waals surface area contributed by atoms with Crippen molar-refractivity contribution < 1.29 is 9.53 Å². The maximum atomic E-state index is 11.5. The van der Waals surface area contributed by atoms with Gasteiger partial charge in [0.25, 0.3) is 5.91 Å². The first-order chi connectivity index (χ1) is 12.7. The van der Waals surface area contributed by atoms with Gasteiger partial charge in [-0.25, -0.2) is 4.99 Å². The minimum atomic E-state index is -0.119. The molecule has 0 spiro atoms. The molecule has 0 unspecified atom stereocenters. The highest BCUT2D eigenvalue weighted by Crippen LogP contribution is 2.13. The molecule has 148 valence electrons. The van der Waals surface area contributed by atoms with Gasteiger partial charge in [0.1, 0.15) is 5.75 Å². The summed E-state index contributed by atoms with van der Waals surface area (Å²) in [5, 5.41) is 13.4. The van der Waals surface area contributed by atoms with Crippen LogP contribution in [0.3, 0.4) is 0 Å². The molecule has 0 aliphatic heterocycles. The van der Waals surface area contributed by atoms with E-state index in [1.165, 1.54) is 5.56 Å². The summed E-state index contributed by atoms with van der Waals surface area (Å²) in [7, 11) is 0. The predicted molar refractivity (Wildman–Crippen MR) is 122 cm³/mol. The monoisotopic (exact) mass is 502 g/mol. The number of nitrogens with one attached hydrogen (secondary N) is 3.